The highest BCUT2D eigenvalue weighted by molar-refractivity contribution is 6.74. The second-order valence-electron chi connectivity index (χ2n) is 8.44. The van der Waals surface area contributed by atoms with Crippen LogP contribution in [0.3, 0.4) is 0 Å². The van der Waals surface area contributed by atoms with Crippen LogP contribution in [0.2, 0.25) is 18.1 Å². The van der Waals surface area contributed by atoms with E-state index in [1.54, 1.807) is 27.7 Å². The number of carbonyl (C=O) groups excluding carboxylic acids is 3. The molecule has 9 heteroatoms. The molecule has 0 aliphatic rings. The zero-order valence-electron chi connectivity index (χ0n) is 18.2. The smallest absolute Gasteiger partial charge is 0.436 e. The van der Waals surface area contributed by atoms with Crippen LogP contribution in [0, 0.1) is 0 Å². The molecule has 0 saturated heterocycles. The number of nitrogens with zero attached hydrogens (tertiary/aromatic N) is 1. The summed E-state index contributed by atoms with van der Waals surface area (Å²) in [5, 5.41) is 0.642. The van der Waals surface area contributed by atoms with E-state index in [1.165, 1.54) is 0 Å². The first-order chi connectivity index (χ1) is 12.2. The summed E-state index contributed by atoms with van der Waals surface area (Å²) < 4.78 is 16.0. The second-order valence-corrected chi connectivity index (χ2v) is 13.2. The normalized spacial score (nSPS) is 12.1. The van der Waals surface area contributed by atoms with Gasteiger partial charge in [-0.2, -0.15) is 0 Å². The van der Waals surface area contributed by atoms with Gasteiger partial charge in [0, 0.05) is 13.0 Å². The SMILES string of the molecule is CC(C)OC(=O)NN(C(=O)CCCO[Si](C)(C)C(C)(C)C)C(=O)OC(C)C. The molecule has 0 bridgehead atoms. The first-order valence-corrected chi connectivity index (χ1v) is 12.2. The maximum absolute atomic E-state index is 12.4. The van der Waals surface area contributed by atoms with Gasteiger partial charge < -0.3 is 13.9 Å². The number of amides is 3. The lowest BCUT2D eigenvalue weighted by atomic mass is 10.2. The fourth-order valence-electron chi connectivity index (χ4n) is 1.67. The number of rotatable bonds is 7. The van der Waals surface area contributed by atoms with Gasteiger partial charge in [-0.1, -0.05) is 20.8 Å². The number of hydrogen-bond donors (Lipinski definition) is 1. The summed E-state index contributed by atoms with van der Waals surface area (Å²) in [6.07, 6.45) is -2.20. The van der Waals surface area contributed by atoms with E-state index in [1.807, 2.05) is 0 Å². The van der Waals surface area contributed by atoms with Crippen LogP contribution in [-0.2, 0) is 18.7 Å². The van der Waals surface area contributed by atoms with Crippen molar-refractivity contribution >= 4 is 26.4 Å². The van der Waals surface area contributed by atoms with Crippen LogP contribution in [0.15, 0.2) is 0 Å². The summed E-state index contributed by atoms with van der Waals surface area (Å²) >= 11 is 0. The Morgan fingerprint density at radius 3 is 1.96 bits per heavy atom. The van der Waals surface area contributed by atoms with Gasteiger partial charge in [0.2, 0.25) is 0 Å². The Hall–Kier alpha value is -1.61. The molecule has 0 aromatic rings. The summed E-state index contributed by atoms with van der Waals surface area (Å²) in [7, 11) is -1.90. The Bertz CT molecular complexity index is 514. The van der Waals surface area contributed by atoms with Crippen molar-refractivity contribution < 1.29 is 28.3 Å². The lowest BCUT2D eigenvalue weighted by molar-refractivity contribution is -0.132. The Kier molecular flexibility index (Phi) is 10.0. The summed E-state index contributed by atoms with van der Waals surface area (Å²) in [5.74, 6) is -0.583. The number of nitrogens with one attached hydrogen (secondary N) is 1. The van der Waals surface area contributed by atoms with E-state index in [2.05, 4.69) is 39.3 Å². The van der Waals surface area contributed by atoms with Crippen molar-refractivity contribution in [2.24, 2.45) is 0 Å². The van der Waals surface area contributed by atoms with Crippen molar-refractivity contribution in [3.05, 3.63) is 0 Å². The van der Waals surface area contributed by atoms with E-state index in [-0.39, 0.29) is 17.6 Å². The molecule has 0 saturated carbocycles. The molecular formula is C18H36N2O6Si. The van der Waals surface area contributed by atoms with Crippen molar-refractivity contribution in [2.45, 2.75) is 91.6 Å². The number of imide groups is 1. The summed E-state index contributed by atoms with van der Waals surface area (Å²) in [6.45, 7) is 17.7. The van der Waals surface area contributed by atoms with Crippen LogP contribution in [0.1, 0.15) is 61.3 Å². The number of hydrogen-bond acceptors (Lipinski definition) is 6. The molecule has 0 heterocycles. The Balaban J connectivity index is 4.79. The third kappa shape index (κ3) is 9.76. The molecule has 27 heavy (non-hydrogen) atoms. The first kappa shape index (κ1) is 25.4. The molecule has 0 atom stereocenters. The molecule has 0 radical (unpaired) electrons. The van der Waals surface area contributed by atoms with Gasteiger partial charge in [0.1, 0.15) is 0 Å². The number of hydrazine groups is 1. The summed E-state index contributed by atoms with van der Waals surface area (Å²) in [4.78, 5) is 36.3. The lowest BCUT2D eigenvalue weighted by Crippen LogP contribution is -2.51. The average molecular weight is 405 g/mol. The minimum Gasteiger partial charge on any atom is -0.446 e. The van der Waals surface area contributed by atoms with E-state index in [4.69, 9.17) is 13.9 Å². The third-order valence-electron chi connectivity index (χ3n) is 4.12. The highest BCUT2D eigenvalue weighted by Gasteiger charge is 2.37. The largest absolute Gasteiger partial charge is 0.446 e. The average Bonchev–Trinajstić information content (AvgIpc) is 2.46. The van der Waals surface area contributed by atoms with Crippen molar-refractivity contribution in [3.8, 4) is 0 Å². The maximum atomic E-state index is 12.4. The summed E-state index contributed by atoms with van der Waals surface area (Å²) in [6, 6.07) is 0. The molecule has 0 unspecified atom stereocenters. The molecule has 0 fully saturated rings. The van der Waals surface area contributed by atoms with E-state index in [0.29, 0.717) is 18.0 Å². The Morgan fingerprint density at radius 1 is 1.00 bits per heavy atom. The zero-order valence-corrected chi connectivity index (χ0v) is 19.2. The molecule has 0 spiro atoms. The van der Waals surface area contributed by atoms with Crippen LogP contribution in [0.4, 0.5) is 9.59 Å². The standard InChI is InChI=1S/C18H36N2O6Si/c1-13(2)25-16(22)19-20(17(23)26-14(3)4)15(21)11-10-12-24-27(8,9)18(5,6)7/h13-14H,10-12H2,1-9H3,(H,19,22). The van der Waals surface area contributed by atoms with Crippen molar-refractivity contribution in [3.63, 3.8) is 0 Å². The molecule has 8 nitrogen and oxygen atoms in total. The monoisotopic (exact) mass is 404 g/mol. The highest BCUT2D eigenvalue weighted by Crippen LogP contribution is 2.36. The molecular weight excluding hydrogens is 368 g/mol. The van der Waals surface area contributed by atoms with Crippen molar-refractivity contribution in [1.29, 1.82) is 0 Å². The van der Waals surface area contributed by atoms with Crippen molar-refractivity contribution in [1.82, 2.24) is 10.4 Å². The number of ether oxygens (including phenoxy) is 2. The molecule has 1 N–H and O–H groups in total. The van der Waals surface area contributed by atoms with Gasteiger partial charge in [0.25, 0.3) is 5.91 Å². The molecule has 158 valence electrons. The van der Waals surface area contributed by atoms with Crippen LogP contribution in [0.5, 0.6) is 0 Å². The van der Waals surface area contributed by atoms with Crippen molar-refractivity contribution in [2.75, 3.05) is 6.61 Å². The molecule has 0 aliphatic heterocycles. The van der Waals surface area contributed by atoms with Gasteiger partial charge in [0.15, 0.2) is 8.32 Å². The number of carbonyl (C=O) groups is 3. The minimum absolute atomic E-state index is 0.0315. The fraction of sp³-hybridized carbons (Fsp3) is 0.833. The highest BCUT2D eigenvalue weighted by atomic mass is 28.4. The molecule has 0 rings (SSSR count). The topological polar surface area (TPSA) is 94.2 Å². The van der Waals surface area contributed by atoms with E-state index < -0.39 is 32.5 Å². The molecule has 0 aromatic carbocycles. The van der Waals surface area contributed by atoms with Crippen LogP contribution >= 0.6 is 0 Å². The fourth-order valence-corrected chi connectivity index (χ4v) is 2.76. The van der Waals surface area contributed by atoms with Crippen LogP contribution < -0.4 is 5.43 Å². The van der Waals surface area contributed by atoms with Gasteiger partial charge in [0.05, 0.1) is 12.2 Å². The van der Waals surface area contributed by atoms with Gasteiger partial charge in [-0.25, -0.2) is 15.0 Å². The van der Waals surface area contributed by atoms with Gasteiger partial charge in [-0.15, -0.1) is 5.01 Å². The predicted octanol–water partition coefficient (Wildman–Crippen LogP) is 4.21. The zero-order chi connectivity index (χ0) is 21.4. The molecule has 0 aromatic heterocycles. The quantitative estimate of drug-likeness (QED) is 0.388. The second kappa shape index (κ2) is 10.7. The van der Waals surface area contributed by atoms with Gasteiger partial charge in [-0.3, -0.25) is 4.79 Å². The summed E-state index contributed by atoms with van der Waals surface area (Å²) in [5.41, 5.74) is 2.15. The van der Waals surface area contributed by atoms with Crippen LogP contribution in [-0.4, -0.2) is 50.2 Å². The first-order valence-electron chi connectivity index (χ1n) is 9.32. The van der Waals surface area contributed by atoms with E-state index in [0.717, 1.165) is 0 Å². The molecule has 0 aliphatic carbocycles. The van der Waals surface area contributed by atoms with E-state index in [9.17, 15) is 14.4 Å². The predicted molar refractivity (Wildman–Crippen MR) is 106 cm³/mol. The van der Waals surface area contributed by atoms with Crippen LogP contribution in [0.25, 0.3) is 0 Å². The third-order valence-corrected chi connectivity index (χ3v) is 8.66. The molecule has 3 amide bonds. The van der Waals surface area contributed by atoms with Gasteiger partial charge in [-0.05, 0) is 52.2 Å². The lowest BCUT2D eigenvalue weighted by Gasteiger charge is -2.36. The minimum atomic E-state index is -1.90. The Labute approximate surface area is 164 Å². The van der Waals surface area contributed by atoms with E-state index >= 15 is 0 Å². The maximum Gasteiger partial charge on any atom is 0.436 e. The Morgan fingerprint density at radius 2 is 1.52 bits per heavy atom. The van der Waals surface area contributed by atoms with Gasteiger partial charge >= 0.3 is 12.2 Å².